The third-order valence-electron chi connectivity index (χ3n) is 3.45. The van der Waals surface area contributed by atoms with Crippen molar-refractivity contribution in [3.8, 4) is 0 Å². The first-order valence-corrected chi connectivity index (χ1v) is 6.58. The molecule has 0 spiro atoms. The molecule has 1 heterocycles. The zero-order valence-electron chi connectivity index (χ0n) is 8.97. The number of rotatable bonds is 1. The van der Waals surface area contributed by atoms with E-state index >= 15 is 0 Å². The van der Waals surface area contributed by atoms with Crippen LogP contribution in [-0.2, 0) is 6.42 Å². The summed E-state index contributed by atoms with van der Waals surface area (Å²) in [5.74, 6) is 0.279. The van der Waals surface area contributed by atoms with Crippen molar-refractivity contribution in [3.63, 3.8) is 0 Å². The Balaban J connectivity index is 1.98. The lowest BCUT2D eigenvalue weighted by Gasteiger charge is -2.29. The Labute approximate surface area is 99.4 Å². The third kappa shape index (κ3) is 1.58. The molecule has 0 unspecified atom stereocenters. The largest absolute Gasteiger partial charge is 0.388 e. The maximum absolute atomic E-state index is 10.4. The van der Waals surface area contributed by atoms with Crippen molar-refractivity contribution in [2.75, 3.05) is 0 Å². The quantitative estimate of drug-likeness (QED) is 0.795. The van der Waals surface area contributed by atoms with E-state index in [1.807, 2.05) is 6.07 Å². The van der Waals surface area contributed by atoms with Gasteiger partial charge in [-0.05, 0) is 46.4 Å². The van der Waals surface area contributed by atoms with Gasteiger partial charge in [0.2, 0.25) is 0 Å². The van der Waals surface area contributed by atoms with E-state index < -0.39 is 0 Å². The minimum Gasteiger partial charge on any atom is -0.388 e. The molecule has 1 N–H and O–H groups in total. The molecular weight excluding hydrogens is 216 g/mol. The second-order valence-electron chi connectivity index (χ2n) is 4.35. The van der Waals surface area contributed by atoms with E-state index in [0.717, 1.165) is 18.4 Å². The molecule has 0 saturated carbocycles. The van der Waals surface area contributed by atoms with Crippen LogP contribution in [-0.4, -0.2) is 5.11 Å². The highest BCUT2D eigenvalue weighted by atomic mass is 32.1. The number of benzene rings is 1. The monoisotopic (exact) mass is 230 g/mol. The Hall–Kier alpha value is -1.12. The first-order chi connectivity index (χ1) is 7.86. The molecule has 2 heteroatoms. The van der Waals surface area contributed by atoms with Crippen LogP contribution in [0.5, 0.6) is 0 Å². The van der Waals surface area contributed by atoms with Crippen molar-refractivity contribution in [2.24, 2.45) is 0 Å². The zero-order valence-corrected chi connectivity index (χ0v) is 9.78. The van der Waals surface area contributed by atoms with Crippen LogP contribution in [0.25, 0.3) is 0 Å². The molecule has 1 aromatic heterocycles. The van der Waals surface area contributed by atoms with Gasteiger partial charge in [0.25, 0.3) is 0 Å². The highest BCUT2D eigenvalue weighted by molar-refractivity contribution is 7.07. The van der Waals surface area contributed by atoms with Gasteiger partial charge < -0.3 is 5.11 Å². The van der Waals surface area contributed by atoms with Gasteiger partial charge in [-0.25, -0.2) is 0 Å². The molecule has 0 saturated heterocycles. The van der Waals surface area contributed by atoms with Gasteiger partial charge in [0.1, 0.15) is 0 Å². The van der Waals surface area contributed by atoms with Crippen LogP contribution in [0.1, 0.15) is 35.1 Å². The average Bonchev–Trinajstić information content (AvgIpc) is 2.83. The second kappa shape index (κ2) is 4.04. The van der Waals surface area contributed by atoms with Crippen LogP contribution in [0.15, 0.2) is 41.1 Å². The Kier molecular flexibility index (Phi) is 2.54. The summed E-state index contributed by atoms with van der Waals surface area (Å²) < 4.78 is 0. The minimum absolute atomic E-state index is 0.279. The molecule has 0 aliphatic heterocycles. The van der Waals surface area contributed by atoms with Crippen LogP contribution >= 0.6 is 11.3 Å². The summed E-state index contributed by atoms with van der Waals surface area (Å²) in [6, 6.07) is 10.4. The van der Waals surface area contributed by atoms with E-state index in [1.165, 1.54) is 11.1 Å². The van der Waals surface area contributed by atoms with Gasteiger partial charge in [-0.2, -0.15) is 11.3 Å². The molecule has 1 aromatic carbocycles. The summed E-state index contributed by atoms with van der Waals surface area (Å²) in [6.45, 7) is 0. The first kappa shape index (κ1) is 10.1. The Morgan fingerprint density at radius 3 is 2.88 bits per heavy atom. The number of aryl methyl sites for hydroxylation is 1. The fourth-order valence-corrected chi connectivity index (χ4v) is 3.30. The normalized spacial score (nSPS) is 24.1. The highest BCUT2D eigenvalue weighted by Crippen LogP contribution is 2.41. The van der Waals surface area contributed by atoms with Crippen molar-refractivity contribution < 1.29 is 5.11 Å². The lowest BCUT2D eigenvalue weighted by molar-refractivity contribution is 0.132. The number of hydrogen-bond donors (Lipinski definition) is 1. The number of aliphatic hydroxyl groups is 1. The van der Waals surface area contributed by atoms with Crippen molar-refractivity contribution in [3.05, 3.63) is 57.8 Å². The molecule has 1 nitrogen and oxygen atoms in total. The highest BCUT2D eigenvalue weighted by Gasteiger charge is 2.28. The number of aliphatic hydroxyl groups excluding tert-OH is 1. The maximum Gasteiger partial charge on any atom is 0.0861 e. The van der Waals surface area contributed by atoms with Crippen LogP contribution < -0.4 is 0 Å². The molecular formula is C14H14OS. The van der Waals surface area contributed by atoms with E-state index in [1.54, 1.807) is 11.3 Å². The van der Waals surface area contributed by atoms with Gasteiger partial charge in [-0.3, -0.25) is 0 Å². The van der Waals surface area contributed by atoms with Crippen molar-refractivity contribution >= 4 is 11.3 Å². The number of fused-ring (bicyclic) bond motifs is 1. The van der Waals surface area contributed by atoms with Crippen molar-refractivity contribution in [1.29, 1.82) is 0 Å². The molecule has 0 radical (unpaired) electrons. The molecule has 2 aromatic rings. The van der Waals surface area contributed by atoms with E-state index in [-0.39, 0.29) is 12.0 Å². The molecule has 1 aliphatic rings. The molecule has 0 amide bonds. The predicted molar refractivity (Wildman–Crippen MR) is 66.8 cm³/mol. The van der Waals surface area contributed by atoms with Gasteiger partial charge in [-0.15, -0.1) is 0 Å². The van der Waals surface area contributed by atoms with E-state index in [4.69, 9.17) is 0 Å². The fraction of sp³-hybridized carbons (Fsp3) is 0.286. The van der Waals surface area contributed by atoms with E-state index in [0.29, 0.717) is 0 Å². The summed E-state index contributed by atoms with van der Waals surface area (Å²) in [7, 11) is 0. The van der Waals surface area contributed by atoms with Gasteiger partial charge in [0.15, 0.2) is 0 Å². The molecule has 0 bridgehead atoms. The standard InChI is InChI=1S/C14H14OS/c15-14-12-4-2-1-3-10(12)5-6-13(14)11-7-8-16-9-11/h1-4,7-9,13-15H,5-6H2/t13-,14-/m0/s1. The third-order valence-corrected chi connectivity index (χ3v) is 4.15. The van der Waals surface area contributed by atoms with Gasteiger partial charge in [0.05, 0.1) is 6.10 Å². The summed E-state index contributed by atoms with van der Waals surface area (Å²) in [6.07, 6.45) is 1.79. The van der Waals surface area contributed by atoms with Crippen molar-refractivity contribution in [1.82, 2.24) is 0 Å². The molecule has 1 aliphatic carbocycles. The summed E-state index contributed by atoms with van der Waals surface area (Å²) in [5, 5.41) is 14.6. The Morgan fingerprint density at radius 2 is 2.06 bits per heavy atom. The lowest BCUT2D eigenvalue weighted by Crippen LogP contribution is -2.18. The summed E-state index contributed by atoms with van der Waals surface area (Å²) in [5.41, 5.74) is 3.71. The Morgan fingerprint density at radius 1 is 1.19 bits per heavy atom. The van der Waals surface area contributed by atoms with E-state index in [9.17, 15) is 5.11 Å². The van der Waals surface area contributed by atoms with Gasteiger partial charge in [0, 0.05) is 5.92 Å². The summed E-state index contributed by atoms with van der Waals surface area (Å²) >= 11 is 1.71. The first-order valence-electron chi connectivity index (χ1n) is 5.64. The molecule has 3 rings (SSSR count). The fourth-order valence-electron chi connectivity index (χ4n) is 2.57. The minimum atomic E-state index is -0.334. The number of hydrogen-bond acceptors (Lipinski definition) is 2. The van der Waals surface area contributed by atoms with Crippen LogP contribution in [0.4, 0.5) is 0 Å². The maximum atomic E-state index is 10.4. The van der Waals surface area contributed by atoms with Crippen LogP contribution in [0.2, 0.25) is 0 Å². The average molecular weight is 230 g/mol. The van der Waals surface area contributed by atoms with Crippen LogP contribution in [0, 0.1) is 0 Å². The zero-order chi connectivity index (χ0) is 11.0. The smallest absolute Gasteiger partial charge is 0.0861 e. The van der Waals surface area contributed by atoms with Crippen molar-refractivity contribution in [2.45, 2.75) is 24.9 Å². The molecule has 82 valence electrons. The SMILES string of the molecule is O[C@H]1c2ccccc2CC[C@H]1c1ccsc1. The molecule has 16 heavy (non-hydrogen) atoms. The van der Waals surface area contributed by atoms with Gasteiger partial charge >= 0.3 is 0 Å². The van der Waals surface area contributed by atoms with E-state index in [2.05, 4.69) is 35.0 Å². The predicted octanol–water partition coefficient (Wildman–Crippen LogP) is 3.51. The molecule has 0 fully saturated rings. The van der Waals surface area contributed by atoms with Gasteiger partial charge in [-0.1, -0.05) is 24.3 Å². The Bertz CT molecular complexity index is 475. The number of thiophene rings is 1. The lowest BCUT2D eigenvalue weighted by atomic mass is 9.79. The van der Waals surface area contributed by atoms with Crippen LogP contribution in [0.3, 0.4) is 0 Å². The second-order valence-corrected chi connectivity index (χ2v) is 5.13. The summed E-state index contributed by atoms with van der Waals surface area (Å²) in [4.78, 5) is 0. The topological polar surface area (TPSA) is 20.2 Å². The molecule has 2 atom stereocenters.